The highest BCUT2D eigenvalue weighted by Gasteiger charge is 2.10. The summed E-state index contributed by atoms with van der Waals surface area (Å²) in [6.07, 6.45) is 0. The Morgan fingerprint density at radius 1 is 1.33 bits per heavy atom. The number of nitrogens with two attached hydrogens (primary N) is 1. The standard InChI is InChI=1S/C14H21N3O4/c1-9(2)16-7-10-4-5-11(20-3)6-12(10)21-8-13(18)17-14(15)19/h4-6,9,16H,7-8H2,1-3H3,(H3,15,17,18,19). The molecule has 0 radical (unpaired) electrons. The van der Waals surface area contributed by atoms with Gasteiger partial charge >= 0.3 is 6.03 Å². The summed E-state index contributed by atoms with van der Waals surface area (Å²) in [6, 6.07) is 4.77. The summed E-state index contributed by atoms with van der Waals surface area (Å²) in [5.74, 6) is 0.531. The van der Waals surface area contributed by atoms with E-state index in [1.165, 1.54) is 0 Å². The predicted molar refractivity (Wildman–Crippen MR) is 78.2 cm³/mol. The molecule has 0 heterocycles. The number of benzene rings is 1. The van der Waals surface area contributed by atoms with Gasteiger partial charge in [0.1, 0.15) is 11.5 Å². The Bertz CT molecular complexity index is 503. The second kappa shape index (κ2) is 8.11. The Balaban J connectivity index is 2.76. The molecule has 0 fully saturated rings. The van der Waals surface area contributed by atoms with Crippen molar-refractivity contribution in [1.82, 2.24) is 10.6 Å². The summed E-state index contributed by atoms with van der Waals surface area (Å²) in [5.41, 5.74) is 5.75. The largest absolute Gasteiger partial charge is 0.497 e. The maximum Gasteiger partial charge on any atom is 0.318 e. The van der Waals surface area contributed by atoms with E-state index in [-0.39, 0.29) is 6.61 Å². The van der Waals surface area contributed by atoms with E-state index in [9.17, 15) is 9.59 Å². The Labute approximate surface area is 123 Å². The number of rotatable bonds is 7. The first kappa shape index (κ1) is 16.8. The number of urea groups is 1. The van der Waals surface area contributed by atoms with Gasteiger partial charge in [0.15, 0.2) is 6.61 Å². The number of imide groups is 1. The van der Waals surface area contributed by atoms with Crippen molar-refractivity contribution in [3.63, 3.8) is 0 Å². The minimum absolute atomic E-state index is 0.301. The molecular formula is C14H21N3O4. The van der Waals surface area contributed by atoms with Crippen molar-refractivity contribution >= 4 is 11.9 Å². The maximum absolute atomic E-state index is 11.4. The fraction of sp³-hybridized carbons (Fsp3) is 0.429. The van der Waals surface area contributed by atoms with Crippen molar-refractivity contribution < 1.29 is 19.1 Å². The van der Waals surface area contributed by atoms with E-state index in [0.717, 1.165) is 5.56 Å². The molecule has 1 aromatic carbocycles. The molecule has 0 aliphatic rings. The van der Waals surface area contributed by atoms with Gasteiger partial charge in [-0.1, -0.05) is 19.9 Å². The molecule has 3 amide bonds. The summed E-state index contributed by atoms with van der Waals surface area (Å²) < 4.78 is 10.6. The third kappa shape index (κ3) is 6.13. The highest BCUT2D eigenvalue weighted by Crippen LogP contribution is 2.24. The summed E-state index contributed by atoms with van der Waals surface area (Å²) in [6.45, 7) is 4.36. The lowest BCUT2D eigenvalue weighted by atomic mass is 10.2. The Kier molecular flexibility index (Phi) is 6.48. The molecule has 0 unspecified atom stereocenters. The van der Waals surface area contributed by atoms with E-state index >= 15 is 0 Å². The van der Waals surface area contributed by atoms with Gasteiger partial charge in [-0.05, 0) is 6.07 Å². The van der Waals surface area contributed by atoms with Crippen LogP contribution < -0.4 is 25.8 Å². The number of ether oxygens (including phenoxy) is 2. The van der Waals surface area contributed by atoms with E-state index in [1.807, 2.05) is 31.3 Å². The molecule has 1 aromatic rings. The molecule has 116 valence electrons. The first-order valence-electron chi connectivity index (χ1n) is 6.54. The molecule has 0 atom stereocenters. The number of amides is 3. The van der Waals surface area contributed by atoms with Gasteiger partial charge < -0.3 is 20.5 Å². The third-order valence-electron chi connectivity index (χ3n) is 2.60. The van der Waals surface area contributed by atoms with Gasteiger partial charge in [0, 0.05) is 24.2 Å². The van der Waals surface area contributed by atoms with Crippen LogP contribution in [0.1, 0.15) is 19.4 Å². The zero-order valence-electron chi connectivity index (χ0n) is 12.4. The number of hydrogen-bond donors (Lipinski definition) is 3. The zero-order chi connectivity index (χ0) is 15.8. The number of carbonyl (C=O) groups excluding carboxylic acids is 2. The lowest BCUT2D eigenvalue weighted by Crippen LogP contribution is -2.38. The van der Waals surface area contributed by atoms with Crippen molar-refractivity contribution in [2.45, 2.75) is 26.4 Å². The Morgan fingerprint density at radius 3 is 2.62 bits per heavy atom. The minimum atomic E-state index is -0.907. The van der Waals surface area contributed by atoms with Crippen molar-refractivity contribution in [2.75, 3.05) is 13.7 Å². The van der Waals surface area contributed by atoms with Crippen LogP contribution in [0.15, 0.2) is 18.2 Å². The SMILES string of the molecule is COc1ccc(CNC(C)C)c(OCC(=O)NC(N)=O)c1. The van der Waals surface area contributed by atoms with Crippen molar-refractivity contribution in [3.05, 3.63) is 23.8 Å². The minimum Gasteiger partial charge on any atom is -0.497 e. The second-order valence-corrected chi connectivity index (χ2v) is 4.71. The van der Waals surface area contributed by atoms with Gasteiger partial charge in [0.2, 0.25) is 0 Å². The van der Waals surface area contributed by atoms with E-state index in [1.54, 1.807) is 13.2 Å². The number of nitrogens with one attached hydrogen (secondary N) is 2. The second-order valence-electron chi connectivity index (χ2n) is 4.71. The highest BCUT2D eigenvalue weighted by molar-refractivity contribution is 5.94. The Hall–Kier alpha value is -2.28. The van der Waals surface area contributed by atoms with Crippen LogP contribution in [0.4, 0.5) is 4.79 Å². The van der Waals surface area contributed by atoms with E-state index in [4.69, 9.17) is 15.2 Å². The first-order chi connectivity index (χ1) is 9.92. The highest BCUT2D eigenvalue weighted by atomic mass is 16.5. The first-order valence-corrected chi connectivity index (χ1v) is 6.54. The molecule has 21 heavy (non-hydrogen) atoms. The third-order valence-corrected chi connectivity index (χ3v) is 2.60. The average Bonchev–Trinajstić information content (AvgIpc) is 2.42. The fourth-order valence-corrected chi connectivity index (χ4v) is 1.57. The number of carbonyl (C=O) groups is 2. The van der Waals surface area contributed by atoms with Crippen molar-refractivity contribution in [3.8, 4) is 11.5 Å². The smallest absolute Gasteiger partial charge is 0.318 e. The Morgan fingerprint density at radius 2 is 2.05 bits per heavy atom. The van der Waals surface area contributed by atoms with Gasteiger partial charge in [-0.2, -0.15) is 0 Å². The molecule has 7 heteroatoms. The van der Waals surface area contributed by atoms with E-state index < -0.39 is 11.9 Å². The van der Waals surface area contributed by atoms with Crippen LogP contribution in [-0.4, -0.2) is 31.7 Å². The van der Waals surface area contributed by atoms with Crippen molar-refractivity contribution in [2.24, 2.45) is 5.73 Å². The van der Waals surface area contributed by atoms with Gasteiger partial charge in [0.25, 0.3) is 5.91 Å². The van der Waals surface area contributed by atoms with Crippen LogP contribution in [0, 0.1) is 0 Å². The molecule has 0 aliphatic heterocycles. The van der Waals surface area contributed by atoms with Gasteiger partial charge in [-0.15, -0.1) is 0 Å². The van der Waals surface area contributed by atoms with Crippen LogP contribution in [0.5, 0.6) is 11.5 Å². The normalized spacial score (nSPS) is 10.3. The summed E-state index contributed by atoms with van der Waals surface area (Å²) in [7, 11) is 1.55. The summed E-state index contributed by atoms with van der Waals surface area (Å²) >= 11 is 0. The molecule has 0 spiro atoms. The molecule has 0 bridgehead atoms. The number of primary amides is 1. The lowest BCUT2D eigenvalue weighted by Gasteiger charge is -2.14. The number of hydrogen-bond acceptors (Lipinski definition) is 5. The number of methoxy groups -OCH3 is 1. The average molecular weight is 295 g/mol. The van der Waals surface area contributed by atoms with Crippen LogP contribution in [0.3, 0.4) is 0 Å². The van der Waals surface area contributed by atoms with Gasteiger partial charge in [0.05, 0.1) is 7.11 Å². The molecule has 7 nitrogen and oxygen atoms in total. The molecule has 0 saturated heterocycles. The van der Waals surface area contributed by atoms with Gasteiger partial charge in [-0.25, -0.2) is 4.79 Å². The molecule has 0 aliphatic carbocycles. The van der Waals surface area contributed by atoms with Crippen LogP contribution in [0.25, 0.3) is 0 Å². The van der Waals surface area contributed by atoms with E-state index in [2.05, 4.69) is 5.32 Å². The van der Waals surface area contributed by atoms with E-state index in [0.29, 0.717) is 24.1 Å². The molecule has 0 saturated carbocycles. The lowest BCUT2D eigenvalue weighted by molar-refractivity contribution is -0.121. The molecule has 4 N–H and O–H groups in total. The zero-order valence-corrected chi connectivity index (χ0v) is 12.4. The molecule has 1 rings (SSSR count). The summed E-state index contributed by atoms with van der Waals surface area (Å²) in [5, 5.41) is 5.20. The quantitative estimate of drug-likeness (QED) is 0.689. The van der Waals surface area contributed by atoms with Crippen molar-refractivity contribution in [1.29, 1.82) is 0 Å². The van der Waals surface area contributed by atoms with Crippen LogP contribution in [-0.2, 0) is 11.3 Å². The topological polar surface area (TPSA) is 103 Å². The van der Waals surface area contributed by atoms with Crippen LogP contribution >= 0.6 is 0 Å². The molecule has 0 aromatic heterocycles. The molecular weight excluding hydrogens is 274 g/mol. The summed E-state index contributed by atoms with van der Waals surface area (Å²) in [4.78, 5) is 21.9. The monoisotopic (exact) mass is 295 g/mol. The fourth-order valence-electron chi connectivity index (χ4n) is 1.57. The van der Waals surface area contributed by atoms with Gasteiger partial charge in [-0.3, -0.25) is 10.1 Å². The van der Waals surface area contributed by atoms with Crippen LogP contribution in [0.2, 0.25) is 0 Å². The predicted octanol–water partition coefficient (Wildman–Crippen LogP) is 0.767. The maximum atomic E-state index is 11.4.